The molecule has 0 radical (unpaired) electrons. The van der Waals surface area contributed by atoms with E-state index in [0.29, 0.717) is 11.4 Å². The number of alkyl halides is 3. The number of hydrogen-bond donors (Lipinski definition) is 1. The van der Waals surface area contributed by atoms with Crippen molar-refractivity contribution in [2.75, 3.05) is 5.32 Å². The summed E-state index contributed by atoms with van der Waals surface area (Å²) in [4.78, 5) is 11.7. The van der Waals surface area contributed by atoms with Crippen molar-refractivity contribution in [3.05, 3.63) is 47.9 Å². The zero-order chi connectivity index (χ0) is 18.1. The van der Waals surface area contributed by atoms with Gasteiger partial charge in [0.2, 0.25) is 0 Å². The number of fused-ring (bicyclic) bond motifs is 1. The van der Waals surface area contributed by atoms with E-state index in [1.54, 1.807) is 12.1 Å². The lowest BCUT2D eigenvalue weighted by molar-refractivity contribution is -0.141. The van der Waals surface area contributed by atoms with Gasteiger partial charge < -0.3 is 9.88 Å². The van der Waals surface area contributed by atoms with Crippen LogP contribution in [0.3, 0.4) is 0 Å². The molecule has 3 aromatic rings. The highest BCUT2D eigenvalue weighted by atomic mass is 19.4. The average Bonchev–Trinajstić information content (AvgIpc) is 3.24. The van der Waals surface area contributed by atoms with Gasteiger partial charge in [-0.2, -0.15) is 13.2 Å². The van der Waals surface area contributed by atoms with Crippen molar-refractivity contribution in [3.8, 4) is 11.4 Å². The van der Waals surface area contributed by atoms with Crippen molar-refractivity contribution in [1.82, 2.24) is 29.7 Å². The van der Waals surface area contributed by atoms with Crippen LogP contribution in [0.15, 0.2) is 30.6 Å². The van der Waals surface area contributed by atoms with Crippen molar-refractivity contribution >= 4 is 5.82 Å². The van der Waals surface area contributed by atoms with Crippen LogP contribution in [0.1, 0.15) is 23.8 Å². The van der Waals surface area contributed by atoms with Gasteiger partial charge in [-0.1, -0.05) is 0 Å². The van der Waals surface area contributed by atoms with Crippen molar-refractivity contribution in [2.24, 2.45) is 0 Å². The quantitative estimate of drug-likeness (QED) is 0.770. The average molecular weight is 361 g/mol. The van der Waals surface area contributed by atoms with E-state index in [1.807, 2.05) is 4.57 Å². The molecule has 0 fully saturated rings. The molecule has 26 heavy (non-hydrogen) atoms. The van der Waals surface area contributed by atoms with Crippen molar-refractivity contribution in [1.29, 1.82) is 0 Å². The summed E-state index contributed by atoms with van der Waals surface area (Å²) in [7, 11) is 0. The lowest BCUT2D eigenvalue weighted by atomic mass is 10.2. The summed E-state index contributed by atoms with van der Waals surface area (Å²) in [5.41, 5.74) is -0.550. The predicted molar refractivity (Wildman–Crippen MR) is 85.9 cm³/mol. The molecule has 1 aliphatic heterocycles. The minimum absolute atomic E-state index is 0.0174. The summed E-state index contributed by atoms with van der Waals surface area (Å²) in [5.74, 6) is 1.64. The van der Waals surface area contributed by atoms with Crippen molar-refractivity contribution < 1.29 is 13.2 Å². The maximum absolute atomic E-state index is 13.2. The lowest BCUT2D eigenvalue weighted by Gasteiger charge is -2.12. The van der Waals surface area contributed by atoms with Crippen LogP contribution in [-0.2, 0) is 25.7 Å². The number of pyridine rings is 1. The van der Waals surface area contributed by atoms with Gasteiger partial charge in [0, 0.05) is 37.0 Å². The Bertz CT molecular complexity index is 921. The Morgan fingerprint density at radius 3 is 2.69 bits per heavy atom. The van der Waals surface area contributed by atoms with E-state index in [-0.39, 0.29) is 18.2 Å². The van der Waals surface area contributed by atoms with Crippen LogP contribution in [0.4, 0.5) is 19.0 Å². The molecule has 0 spiro atoms. The van der Waals surface area contributed by atoms with Crippen LogP contribution < -0.4 is 5.32 Å². The molecule has 0 aliphatic carbocycles. The summed E-state index contributed by atoms with van der Waals surface area (Å²) >= 11 is 0. The molecule has 1 aliphatic rings. The first kappa shape index (κ1) is 16.4. The minimum atomic E-state index is -4.57. The number of hydrogen-bond acceptors (Lipinski definition) is 6. The zero-order valence-electron chi connectivity index (χ0n) is 13.5. The molecule has 0 bridgehead atoms. The van der Waals surface area contributed by atoms with Crippen molar-refractivity contribution in [2.45, 2.75) is 32.1 Å². The van der Waals surface area contributed by atoms with E-state index in [1.165, 1.54) is 12.4 Å². The first-order chi connectivity index (χ1) is 12.5. The Hall–Kier alpha value is -3.04. The molecule has 1 N–H and O–H groups in total. The molecule has 10 heteroatoms. The first-order valence-electron chi connectivity index (χ1n) is 8.02. The molecule has 3 aromatic heterocycles. The van der Waals surface area contributed by atoms with Gasteiger partial charge in [0.25, 0.3) is 0 Å². The van der Waals surface area contributed by atoms with Crippen LogP contribution in [0.2, 0.25) is 0 Å². The molecule has 0 unspecified atom stereocenters. The standard InChI is InChI=1S/C16H14F3N7/c17-16(18,19)11-8-12(23-15(22-11)10-3-5-20-6-4-10)21-9-14-25-24-13-2-1-7-26(13)14/h3-6,8H,1-2,7,9H2,(H,21,22,23). The monoisotopic (exact) mass is 361 g/mol. The fourth-order valence-electron chi connectivity index (χ4n) is 2.82. The Labute approximate surface area is 146 Å². The number of aromatic nitrogens is 6. The molecule has 7 nitrogen and oxygen atoms in total. The van der Waals surface area contributed by atoms with Gasteiger partial charge in [-0.25, -0.2) is 9.97 Å². The Balaban J connectivity index is 1.64. The smallest absolute Gasteiger partial charge is 0.363 e. The fraction of sp³-hybridized carbons (Fsp3) is 0.312. The molecule has 0 aromatic carbocycles. The van der Waals surface area contributed by atoms with Crippen molar-refractivity contribution in [3.63, 3.8) is 0 Å². The first-order valence-corrected chi connectivity index (χ1v) is 8.02. The molecule has 4 heterocycles. The predicted octanol–water partition coefficient (Wildman–Crippen LogP) is 2.71. The van der Waals surface area contributed by atoms with E-state index in [2.05, 4.69) is 30.5 Å². The van der Waals surface area contributed by atoms with E-state index < -0.39 is 11.9 Å². The van der Waals surface area contributed by atoms with Crippen LogP contribution in [0.25, 0.3) is 11.4 Å². The van der Waals surface area contributed by atoms with Crippen LogP contribution >= 0.6 is 0 Å². The maximum Gasteiger partial charge on any atom is 0.433 e. The SMILES string of the molecule is FC(F)(F)c1cc(NCc2nnc3n2CCC3)nc(-c2ccncc2)n1. The van der Waals surface area contributed by atoms with E-state index in [0.717, 1.165) is 31.3 Å². The molecule has 0 amide bonds. The minimum Gasteiger partial charge on any atom is -0.363 e. The number of nitrogens with zero attached hydrogens (tertiary/aromatic N) is 6. The Kier molecular flexibility index (Phi) is 4.02. The molecular weight excluding hydrogens is 347 g/mol. The molecule has 0 atom stereocenters. The highest BCUT2D eigenvalue weighted by Gasteiger charge is 2.34. The van der Waals surface area contributed by atoms with E-state index in [9.17, 15) is 13.2 Å². The van der Waals surface area contributed by atoms with Gasteiger partial charge in [0.15, 0.2) is 17.3 Å². The second-order valence-electron chi connectivity index (χ2n) is 5.84. The largest absolute Gasteiger partial charge is 0.433 e. The Morgan fingerprint density at radius 2 is 1.92 bits per heavy atom. The van der Waals surface area contributed by atoms with Crippen LogP contribution in [-0.4, -0.2) is 29.7 Å². The molecule has 4 rings (SSSR count). The summed E-state index contributed by atoms with van der Waals surface area (Å²) in [6.45, 7) is 1.05. The number of rotatable bonds is 4. The van der Waals surface area contributed by atoms with E-state index in [4.69, 9.17) is 0 Å². The molecular formula is C16H14F3N7. The van der Waals surface area contributed by atoms with Gasteiger partial charge in [-0.3, -0.25) is 4.98 Å². The second kappa shape index (κ2) is 6.36. The zero-order valence-corrected chi connectivity index (χ0v) is 13.5. The van der Waals surface area contributed by atoms with Crippen LogP contribution in [0, 0.1) is 0 Å². The number of halogens is 3. The summed E-state index contributed by atoms with van der Waals surface area (Å²) in [6.07, 6.45) is 0.245. The summed E-state index contributed by atoms with van der Waals surface area (Å²) in [5, 5.41) is 11.1. The number of nitrogens with one attached hydrogen (secondary N) is 1. The third-order valence-corrected chi connectivity index (χ3v) is 4.07. The third kappa shape index (κ3) is 3.22. The highest BCUT2D eigenvalue weighted by Crippen LogP contribution is 2.30. The summed E-state index contributed by atoms with van der Waals surface area (Å²) in [6, 6.07) is 4.02. The topological polar surface area (TPSA) is 81.4 Å². The summed E-state index contributed by atoms with van der Waals surface area (Å²) < 4.78 is 41.6. The van der Waals surface area contributed by atoms with Gasteiger partial charge in [0.05, 0.1) is 6.54 Å². The van der Waals surface area contributed by atoms with E-state index >= 15 is 0 Å². The van der Waals surface area contributed by atoms with Gasteiger partial charge in [0.1, 0.15) is 11.6 Å². The highest BCUT2D eigenvalue weighted by molar-refractivity contribution is 5.57. The lowest BCUT2D eigenvalue weighted by Crippen LogP contribution is -2.13. The number of anilines is 1. The van der Waals surface area contributed by atoms with Crippen LogP contribution in [0.5, 0.6) is 0 Å². The third-order valence-electron chi connectivity index (χ3n) is 4.07. The fourth-order valence-corrected chi connectivity index (χ4v) is 2.82. The van der Waals surface area contributed by atoms with Gasteiger partial charge in [-0.05, 0) is 18.6 Å². The normalized spacial score (nSPS) is 13.7. The molecule has 134 valence electrons. The second-order valence-corrected chi connectivity index (χ2v) is 5.84. The maximum atomic E-state index is 13.2. The van der Waals surface area contributed by atoms with Gasteiger partial charge >= 0.3 is 6.18 Å². The van der Waals surface area contributed by atoms with Gasteiger partial charge in [-0.15, -0.1) is 10.2 Å². The molecule has 0 saturated heterocycles. The molecule has 0 saturated carbocycles. The number of aryl methyl sites for hydroxylation is 1. The Morgan fingerprint density at radius 1 is 1.12 bits per heavy atom.